The van der Waals surface area contributed by atoms with E-state index in [1.807, 2.05) is 11.3 Å². The van der Waals surface area contributed by atoms with Crippen LogP contribution < -0.4 is 10.1 Å². The number of nitrogens with one attached hydrogen (secondary N) is 1. The quantitative estimate of drug-likeness (QED) is 0.781. The summed E-state index contributed by atoms with van der Waals surface area (Å²) in [6, 6.07) is 17.7. The van der Waals surface area contributed by atoms with Gasteiger partial charge in [0.15, 0.2) is 0 Å². The number of nitrogens with zero attached hydrogens (tertiary/aromatic N) is 1. The molecule has 124 valence electrons. The molecule has 4 heteroatoms. The van der Waals surface area contributed by atoms with E-state index in [0.717, 1.165) is 31.9 Å². The van der Waals surface area contributed by atoms with Gasteiger partial charge in [0, 0.05) is 36.4 Å². The maximum absolute atomic E-state index is 5.58. The number of hydrogen-bond acceptors (Lipinski definition) is 4. The lowest BCUT2D eigenvalue weighted by Gasteiger charge is -2.35. The zero-order valence-electron chi connectivity index (χ0n) is 13.9. The van der Waals surface area contributed by atoms with Crippen molar-refractivity contribution in [1.29, 1.82) is 0 Å². The number of piperazine rings is 1. The van der Waals surface area contributed by atoms with E-state index < -0.39 is 0 Å². The third kappa shape index (κ3) is 2.81. The predicted octanol–water partition coefficient (Wildman–Crippen LogP) is 3.90. The number of methoxy groups -OCH3 is 1. The van der Waals surface area contributed by atoms with E-state index in [1.54, 1.807) is 7.11 Å². The number of ether oxygens (including phenoxy) is 1. The third-order valence-corrected chi connectivity index (χ3v) is 5.69. The van der Waals surface area contributed by atoms with Crippen molar-refractivity contribution in [3.8, 4) is 5.75 Å². The smallest absolute Gasteiger partial charge is 0.126 e. The van der Waals surface area contributed by atoms with Crippen molar-refractivity contribution in [3.05, 3.63) is 64.4 Å². The van der Waals surface area contributed by atoms with Gasteiger partial charge in [-0.05, 0) is 28.5 Å². The molecule has 1 aliphatic heterocycles. The minimum absolute atomic E-state index is 0.308. The molecule has 0 unspecified atom stereocenters. The third-order valence-electron chi connectivity index (χ3n) is 4.76. The van der Waals surface area contributed by atoms with Crippen molar-refractivity contribution in [3.63, 3.8) is 0 Å². The average molecular weight is 338 g/mol. The number of thiophene rings is 1. The number of fused-ring (bicyclic) bond motifs is 1. The first-order chi connectivity index (χ1) is 11.9. The largest absolute Gasteiger partial charge is 0.496 e. The molecule has 3 aromatic rings. The van der Waals surface area contributed by atoms with E-state index in [4.69, 9.17) is 4.74 Å². The maximum atomic E-state index is 5.58. The molecule has 1 aromatic heterocycles. The fraction of sp³-hybridized carbons (Fsp3) is 0.300. The van der Waals surface area contributed by atoms with Gasteiger partial charge in [-0.3, -0.25) is 4.90 Å². The zero-order chi connectivity index (χ0) is 16.4. The van der Waals surface area contributed by atoms with Crippen LogP contribution >= 0.6 is 11.3 Å². The lowest BCUT2D eigenvalue weighted by molar-refractivity contribution is 0.201. The molecule has 1 fully saturated rings. The highest BCUT2D eigenvalue weighted by Crippen LogP contribution is 2.38. The molecule has 4 rings (SSSR count). The summed E-state index contributed by atoms with van der Waals surface area (Å²) in [7, 11) is 1.74. The molecule has 2 heterocycles. The van der Waals surface area contributed by atoms with Gasteiger partial charge >= 0.3 is 0 Å². The second-order valence-electron chi connectivity index (χ2n) is 6.11. The summed E-state index contributed by atoms with van der Waals surface area (Å²) >= 11 is 1.84. The first-order valence-electron chi connectivity index (χ1n) is 8.42. The Morgan fingerprint density at radius 1 is 1.00 bits per heavy atom. The Labute approximate surface area is 146 Å². The molecule has 0 radical (unpaired) electrons. The van der Waals surface area contributed by atoms with Gasteiger partial charge in [-0.2, -0.15) is 0 Å². The Morgan fingerprint density at radius 2 is 1.79 bits per heavy atom. The van der Waals surface area contributed by atoms with E-state index in [9.17, 15) is 0 Å². The molecule has 1 atom stereocenters. The van der Waals surface area contributed by atoms with Crippen molar-refractivity contribution < 1.29 is 4.74 Å². The van der Waals surface area contributed by atoms with Gasteiger partial charge in [0.25, 0.3) is 0 Å². The summed E-state index contributed by atoms with van der Waals surface area (Å²) in [5.74, 6) is 0.944. The molecule has 3 nitrogen and oxygen atoms in total. The second kappa shape index (κ2) is 6.93. The number of hydrogen-bond donors (Lipinski definition) is 1. The van der Waals surface area contributed by atoms with Crippen LogP contribution in [0.4, 0.5) is 0 Å². The van der Waals surface area contributed by atoms with Crippen LogP contribution in [-0.2, 0) is 0 Å². The molecule has 1 saturated heterocycles. The minimum Gasteiger partial charge on any atom is -0.496 e. The standard InChI is InChI=1S/C20H22N2OS/c1-23-18-9-8-17(15-5-2-3-6-16(15)18)20(19-7-4-14-24-19)22-12-10-21-11-13-22/h2-9,14,20-21H,10-13H2,1H3/t20-/m1/s1. The molecule has 0 saturated carbocycles. The lowest BCUT2D eigenvalue weighted by atomic mass is 9.95. The highest BCUT2D eigenvalue weighted by molar-refractivity contribution is 7.10. The molecule has 0 amide bonds. The minimum atomic E-state index is 0.308. The van der Waals surface area contributed by atoms with Crippen LogP contribution in [0.1, 0.15) is 16.5 Å². The Morgan fingerprint density at radius 3 is 2.50 bits per heavy atom. The van der Waals surface area contributed by atoms with E-state index >= 15 is 0 Å². The highest BCUT2D eigenvalue weighted by atomic mass is 32.1. The van der Waals surface area contributed by atoms with Crippen LogP contribution in [-0.4, -0.2) is 38.2 Å². The molecular formula is C20H22N2OS. The van der Waals surface area contributed by atoms with E-state index in [0.29, 0.717) is 6.04 Å². The van der Waals surface area contributed by atoms with E-state index in [1.165, 1.54) is 21.2 Å². The molecule has 1 N–H and O–H groups in total. The molecule has 0 bridgehead atoms. The first-order valence-corrected chi connectivity index (χ1v) is 9.30. The molecular weight excluding hydrogens is 316 g/mol. The van der Waals surface area contributed by atoms with Crippen molar-refractivity contribution in [1.82, 2.24) is 10.2 Å². The Bertz CT molecular complexity index is 810. The normalized spacial score (nSPS) is 17.0. The summed E-state index contributed by atoms with van der Waals surface area (Å²) < 4.78 is 5.58. The number of benzene rings is 2. The van der Waals surface area contributed by atoms with Crippen LogP contribution in [0, 0.1) is 0 Å². The maximum Gasteiger partial charge on any atom is 0.126 e. The van der Waals surface area contributed by atoms with E-state index in [-0.39, 0.29) is 0 Å². The molecule has 24 heavy (non-hydrogen) atoms. The summed E-state index contributed by atoms with van der Waals surface area (Å²) in [6.07, 6.45) is 0. The highest BCUT2D eigenvalue weighted by Gasteiger charge is 2.26. The fourth-order valence-electron chi connectivity index (χ4n) is 3.63. The van der Waals surface area contributed by atoms with Crippen LogP contribution in [0.15, 0.2) is 53.9 Å². The fourth-order valence-corrected chi connectivity index (χ4v) is 4.50. The van der Waals surface area contributed by atoms with Gasteiger partial charge in [-0.1, -0.05) is 36.4 Å². The van der Waals surface area contributed by atoms with Crippen molar-refractivity contribution in [2.75, 3.05) is 33.3 Å². The molecule has 0 aliphatic carbocycles. The second-order valence-corrected chi connectivity index (χ2v) is 7.09. The predicted molar refractivity (Wildman–Crippen MR) is 101 cm³/mol. The van der Waals surface area contributed by atoms with Crippen molar-refractivity contribution in [2.24, 2.45) is 0 Å². The average Bonchev–Trinajstić information content (AvgIpc) is 3.17. The zero-order valence-corrected chi connectivity index (χ0v) is 14.7. The molecule has 0 spiro atoms. The summed E-state index contributed by atoms with van der Waals surface area (Å²) in [6.45, 7) is 4.25. The van der Waals surface area contributed by atoms with Crippen LogP contribution in [0.2, 0.25) is 0 Å². The molecule has 1 aliphatic rings. The van der Waals surface area contributed by atoms with Gasteiger partial charge in [0.05, 0.1) is 13.2 Å². The van der Waals surface area contributed by atoms with Gasteiger partial charge < -0.3 is 10.1 Å². The molecule has 2 aromatic carbocycles. The van der Waals surface area contributed by atoms with Crippen LogP contribution in [0.25, 0.3) is 10.8 Å². The summed E-state index contributed by atoms with van der Waals surface area (Å²) in [5, 5.41) is 8.12. The van der Waals surface area contributed by atoms with Gasteiger partial charge in [-0.25, -0.2) is 0 Å². The Balaban J connectivity index is 1.88. The van der Waals surface area contributed by atoms with Crippen LogP contribution in [0.5, 0.6) is 5.75 Å². The topological polar surface area (TPSA) is 24.5 Å². The van der Waals surface area contributed by atoms with Gasteiger partial charge in [0.1, 0.15) is 5.75 Å². The summed E-state index contributed by atoms with van der Waals surface area (Å²) in [5.41, 5.74) is 1.37. The van der Waals surface area contributed by atoms with Crippen LogP contribution in [0.3, 0.4) is 0 Å². The Hall–Kier alpha value is -1.88. The number of rotatable bonds is 4. The van der Waals surface area contributed by atoms with Gasteiger partial charge in [0.2, 0.25) is 0 Å². The summed E-state index contributed by atoms with van der Waals surface area (Å²) in [4.78, 5) is 4.00. The monoisotopic (exact) mass is 338 g/mol. The first kappa shape index (κ1) is 15.6. The van der Waals surface area contributed by atoms with E-state index in [2.05, 4.69) is 64.1 Å². The lowest BCUT2D eigenvalue weighted by Crippen LogP contribution is -2.45. The Kier molecular flexibility index (Phi) is 4.52. The van der Waals surface area contributed by atoms with Gasteiger partial charge in [-0.15, -0.1) is 11.3 Å². The van der Waals surface area contributed by atoms with Crippen molar-refractivity contribution >= 4 is 22.1 Å². The SMILES string of the molecule is COc1ccc([C@H](c2cccs2)N2CCNCC2)c2ccccc12. The van der Waals surface area contributed by atoms with Crippen molar-refractivity contribution in [2.45, 2.75) is 6.04 Å².